The number of nitrogens with one attached hydrogen (secondary N) is 2. The molecular weight excluding hydrogens is 397 g/mol. The van der Waals surface area contributed by atoms with Crippen molar-refractivity contribution in [1.29, 1.82) is 0 Å². The van der Waals surface area contributed by atoms with Gasteiger partial charge in [0, 0.05) is 18.2 Å². The topological polar surface area (TPSA) is 101 Å². The summed E-state index contributed by atoms with van der Waals surface area (Å²) in [5, 5.41) is 2.98. The van der Waals surface area contributed by atoms with E-state index in [4.69, 9.17) is 4.42 Å². The van der Waals surface area contributed by atoms with E-state index in [0.29, 0.717) is 22.9 Å². The number of carbonyl (C=O) groups excluding carboxylic acids is 1. The van der Waals surface area contributed by atoms with Crippen LogP contribution < -0.4 is 10.0 Å². The zero-order valence-corrected chi connectivity index (χ0v) is 16.8. The van der Waals surface area contributed by atoms with Gasteiger partial charge in [-0.2, -0.15) is 4.98 Å². The van der Waals surface area contributed by atoms with Crippen molar-refractivity contribution in [3.8, 4) is 11.3 Å². The first-order valence-electron chi connectivity index (χ1n) is 8.85. The molecule has 0 fully saturated rings. The Morgan fingerprint density at radius 1 is 1.31 bits per heavy atom. The summed E-state index contributed by atoms with van der Waals surface area (Å²) in [6, 6.07) is 7.15. The number of aromatic nitrogens is 1. The van der Waals surface area contributed by atoms with Gasteiger partial charge in [-0.1, -0.05) is 6.08 Å². The summed E-state index contributed by atoms with van der Waals surface area (Å²) in [5.74, 6) is -0.623. The van der Waals surface area contributed by atoms with Gasteiger partial charge in [-0.05, 0) is 43.7 Å². The normalized spacial score (nSPS) is 11.4. The fraction of sp³-hybridized carbons (Fsp3) is 0.200. The molecule has 0 saturated heterocycles. The Labute approximate surface area is 167 Å². The maximum atomic E-state index is 13.3. The van der Waals surface area contributed by atoms with Crippen LogP contribution in [0.2, 0.25) is 0 Å². The van der Waals surface area contributed by atoms with Crippen LogP contribution in [0.5, 0.6) is 0 Å². The van der Waals surface area contributed by atoms with Crippen molar-refractivity contribution in [2.24, 2.45) is 0 Å². The Hall–Kier alpha value is -3.20. The molecule has 9 heteroatoms. The van der Waals surface area contributed by atoms with Gasteiger partial charge in [0.15, 0.2) is 0 Å². The number of furan rings is 1. The number of benzene rings is 1. The Morgan fingerprint density at radius 2 is 2.00 bits per heavy atom. The average molecular weight is 417 g/mol. The summed E-state index contributed by atoms with van der Waals surface area (Å²) in [4.78, 5) is 16.9. The first kappa shape index (κ1) is 20.5. The molecule has 2 N–H and O–H groups in total. The van der Waals surface area contributed by atoms with Crippen molar-refractivity contribution in [3.05, 3.63) is 59.9 Å². The van der Waals surface area contributed by atoms with E-state index in [1.807, 2.05) is 0 Å². The van der Waals surface area contributed by atoms with E-state index in [9.17, 15) is 17.6 Å². The summed E-state index contributed by atoms with van der Waals surface area (Å²) < 4.78 is 45.6. The summed E-state index contributed by atoms with van der Waals surface area (Å²) in [5.41, 5.74) is 1.35. The Kier molecular flexibility index (Phi) is 5.69. The summed E-state index contributed by atoms with van der Waals surface area (Å²) in [6.07, 6.45) is 1.93. The molecule has 0 atom stereocenters. The standard InChI is InChI=1S/C20H20FN3O4S/c1-4-6-13-11-15-16(19(25)22-3)17(12-7-9-14(21)10-8-12)28-20(15)23-18(13)24-29(26,27)5-2/h4,7-11H,1,5-6H2,2-3H3,(H,22,25)(H,23,24). The van der Waals surface area contributed by atoms with Crippen molar-refractivity contribution in [2.75, 3.05) is 17.5 Å². The Morgan fingerprint density at radius 3 is 2.59 bits per heavy atom. The number of amides is 1. The number of fused-ring (bicyclic) bond motifs is 1. The van der Waals surface area contributed by atoms with Crippen LogP contribution in [0.4, 0.5) is 10.2 Å². The molecule has 0 aliphatic heterocycles. The number of nitrogens with zero attached hydrogens (tertiary/aromatic N) is 1. The van der Waals surface area contributed by atoms with Crippen LogP contribution in [0.15, 0.2) is 47.4 Å². The first-order valence-corrected chi connectivity index (χ1v) is 10.5. The minimum atomic E-state index is -3.57. The molecule has 0 aliphatic carbocycles. The minimum absolute atomic E-state index is 0.0875. The molecule has 2 heterocycles. The van der Waals surface area contributed by atoms with Crippen LogP contribution in [0.25, 0.3) is 22.4 Å². The van der Waals surface area contributed by atoms with Gasteiger partial charge in [0.25, 0.3) is 5.91 Å². The highest BCUT2D eigenvalue weighted by Crippen LogP contribution is 2.35. The lowest BCUT2D eigenvalue weighted by molar-refractivity contribution is 0.0964. The van der Waals surface area contributed by atoms with Crippen LogP contribution in [-0.2, 0) is 16.4 Å². The molecule has 0 aliphatic rings. The number of pyridine rings is 1. The summed E-state index contributed by atoms with van der Waals surface area (Å²) in [7, 11) is -2.09. The molecule has 0 unspecified atom stereocenters. The Bertz CT molecular complexity index is 1180. The lowest BCUT2D eigenvalue weighted by Gasteiger charge is -2.10. The van der Waals surface area contributed by atoms with E-state index in [1.54, 1.807) is 12.1 Å². The van der Waals surface area contributed by atoms with Crippen LogP contribution >= 0.6 is 0 Å². The summed E-state index contributed by atoms with van der Waals surface area (Å²) >= 11 is 0. The molecular formula is C20H20FN3O4S. The molecule has 0 radical (unpaired) electrons. The van der Waals surface area contributed by atoms with Crippen LogP contribution in [-0.4, -0.2) is 32.1 Å². The van der Waals surface area contributed by atoms with Gasteiger partial charge in [-0.25, -0.2) is 12.8 Å². The molecule has 2 aromatic heterocycles. The third kappa shape index (κ3) is 4.14. The second-order valence-electron chi connectivity index (χ2n) is 6.24. The van der Waals surface area contributed by atoms with Gasteiger partial charge in [-0.3, -0.25) is 9.52 Å². The van der Waals surface area contributed by atoms with Gasteiger partial charge in [0.2, 0.25) is 15.7 Å². The molecule has 1 aromatic carbocycles. The molecule has 0 saturated carbocycles. The van der Waals surface area contributed by atoms with Gasteiger partial charge in [-0.15, -0.1) is 6.58 Å². The number of halogens is 1. The minimum Gasteiger partial charge on any atom is -0.437 e. The number of hydrogen-bond acceptors (Lipinski definition) is 5. The van der Waals surface area contributed by atoms with E-state index >= 15 is 0 Å². The fourth-order valence-electron chi connectivity index (χ4n) is 2.84. The van der Waals surface area contributed by atoms with Crippen molar-refractivity contribution >= 4 is 32.8 Å². The molecule has 0 bridgehead atoms. The number of carbonyl (C=O) groups is 1. The lowest BCUT2D eigenvalue weighted by Crippen LogP contribution is -2.18. The van der Waals surface area contributed by atoms with Crippen LogP contribution in [0, 0.1) is 5.82 Å². The quantitative estimate of drug-likeness (QED) is 0.573. The number of sulfonamides is 1. The average Bonchev–Trinajstić information content (AvgIpc) is 3.06. The van der Waals surface area contributed by atoms with Gasteiger partial charge >= 0.3 is 0 Å². The molecule has 1 amide bonds. The zero-order valence-electron chi connectivity index (χ0n) is 16.0. The largest absolute Gasteiger partial charge is 0.437 e. The van der Waals surface area contributed by atoms with Crippen molar-refractivity contribution in [2.45, 2.75) is 13.3 Å². The van der Waals surface area contributed by atoms with Crippen LogP contribution in [0.1, 0.15) is 22.8 Å². The molecule has 152 valence electrons. The van der Waals surface area contributed by atoms with E-state index in [0.717, 1.165) is 0 Å². The molecule has 7 nitrogen and oxygen atoms in total. The molecule has 3 rings (SSSR count). The maximum Gasteiger partial charge on any atom is 0.255 e. The number of allylic oxidation sites excluding steroid dienone is 1. The fourth-order valence-corrected chi connectivity index (χ4v) is 3.45. The maximum absolute atomic E-state index is 13.3. The van der Waals surface area contributed by atoms with E-state index < -0.39 is 21.7 Å². The monoisotopic (exact) mass is 417 g/mol. The highest BCUT2D eigenvalue weighted by Gasteiger charge is 2.24. The predicted octanol–water partition coefficient (Wildman–Crippen LogP) is 3.48. The van der Waals surface area contributed by atoms with E-state index in [2.05, 4.69) is 21.6 Å². The van der Waals surface area contributed by atoms with E-state index in [1.165, 1.54) is 38.2 Å². The van der Waals surface area contributed by atoms with Crippen LogP contribution in [0.3, 0.4) is 0 Å². The van der Waals surface area contributed by atoms with E-state index in [-0.39, 0.29) is 28.6 Å². The molecule has 3 aromatic rings. The third-order valence-corrected chi connectivity index (χ3v) is 5.58. The lowest BCUT2D eigenvalue weighted by atomic mass is 10.0. The molecule has 29 heavy (non-hydrogen) atoms. The predicted molar refractivity (Wildman–Crippen MR) is 110 cm³/mol. The van der Waals surface area contributed by atoms with Crippen molar-refractivity contribution < 1.29 is 22.0 Å². The van der Waals surface area contributed by atoms with Gasteiger partial charge < -0.3 is 9.73 Å². The summed E-state index contributed by atoms with van der Waals surface area (Å²) in [6.45, 7) is 5.20. The number of anilines is 1. The smallest absolute Gasteiger partial charge is 0.255 e. The molecule has 0 spiro atoms. The Balaban J connectivity index is 2.29. The SMILES string of the molecule is C=CCc1cc2c(C(=O)NC)c(-c3ccc(F)cc3)oc2nc1NS(=O)(=O)CC. The number of hydrogen-bond donors (Lipinski definition) is 2. The highest BCUT2D eigenvalue weighted by molar-refractivity contribution is 7.92. The second kappa shape index (κ2) is 8.04. The van der Waals surface area contributed by atoms with Crippen molar-refractivity contribution in [3.63, 3.8) is 0 Å². The first-order chi connectivity index (χ1) is 13.8. The van der Waals surface area contributed by atoms with Crippen molar-refractivity contribution in [1.82, 2.24) is 10.3 Å². The highest BCUT2D eigenvalue weighted by atomic mass is 32.2. The third-order valence-electron chi connectivity index (χ3n) is 4.32. The number of rotatable bonds is 7. The second-order valence-corrected chi connectivity index (χ2v) is 8.25. The zero-order chi connectivity index (χ0) is 21.2. The van der Waals surface area contributed by atoms with Gasteiger partial charge in [0.05, 0.1) is 16.7 Å². The van der Waals surface area contributed by atoms with Gasteiger partial charge in [0.1, 0.15) is 17.4 Å².